The monoisotopic (exact) mass is 235 g/mol. The number of rotatable bonds is 4. The third-order valence-electron chi connectivity index (χ3n) is 3.53. The highest BCUT2D eigenvalue weighted by Crippen LogP contribution is 2.22. The largest absolute Gasteiger partial charge is 0.508 e. The molecule has 94 valence electrons. The van der Waals surface area contributed by atoms with Gasteiger partial charge in [-0.3, -0.25) is 4.90 Å². The van der Waals surface area contributed by atoms with Gasteiger partial charge in [0.1, 0.15) is 5.75 Å². The van der Waals surface area contributed by atoms with E-state index in [-0.39, 0.29) is 6.61 Å². The molecule has 0 spiro atoms. The maximum atomic E-state index is 9.25. The Bertz CT molecular complexity index is 335. The predicted molar refractivity (Wildman–Crippen MR) is 67.9 cm³/mol. The van der Waals surface area contributed by atoms with Crippen LogP contribution in [-0.4, -0.2) is 34.3 Å². The highest BCUT2D eigenvalue weighted by atomic mass is 16.3. The van der Waals surface area contributed by atoms with Crippen LogP contribution in [0, 0.1) is 0 Å². The number of aliphatic hydroxyl groups excluding tert-OH is 1. The molecule has 2 N–H and O–H groups in total. The van der Waals surface area contributed by atoms with Crippen LogP contribution in [0.2, 0.25) is 0 Å². The molecule has 1 heterocycles. The number of hydrogen-bond acceptors (Lipinski definition) is 3. The number of likely N-dealkylation sites (tertiary alicyclic amines) is 1. The third kappa shape index (κ3) is 3.45. The number of phenolic OH excluding ortho intramolecular Hbond substituents is 1. The van der Waals surface area contributed by atoms with Crippen molar-refractivity contribution in [2.45, 2.75) is 38.3 Å². The van der Waals surface area contributed by atoms with E-state index in [9.17, 15) is 5.11 Å². The van der Waals surface area contributed by atoms with Gasteiger partial charge in [0, 0.05) is 19.2 Å². The summed E-state index contributed by atoms with van der Waals surface area (Å²) >= 11 is 0. The zero-order valence-corrected chi connectivity index (χ0v) is 10.2. The quantitative estimate of drug-likeness (QED) is 0.840. The number of aromatic hydroxyl groups is 1. The Morgan fingerprint density at radius 1 is 1.18 bits per heavy atom. The zero-order valence-electron chi connectivity index (χ0n) is 10.2. The number of nitrogens with zero attached hydrogens (tertiary/aromatic N) is 1. The molecular formula is C14H21NO2. The number of hydrogen-bond donors (Lipinski definition) is 2. The SMILES string of the molecule is OCCC1CCCCN1Cc1ccc(O)cc1. The lowest BCUT2D eigenvalue weighted by Gasteiger charge is -2.35. The van der Waals surface area contributed by atoms with Gasteiger partial charge in [-0.1, -0.05) is 18.6 Å². The van der Waals surface area contributed by atoms with Crippen LogP contribution in [0.1, 0.15) is 31.2 Å². The molecule has 1 fully saturated rings. The second-order valence-corrected chi connectivity index (χ2v) is 4.80. The first kappa shape index (κ1) is 12.4. The molecule has 1 saturated heterocycles. The Labute approximate surface area is 103 Å². The molecule has 2 rings (SSSR count). The molecule has 1 aromatic carbocycles. The second kappa shape index (κ2) is 6.03. The highest BCUT2D eigenvalue weighted by Gasteiger charge is 2.21. The molecule has 3 nitrogen and oxygen atoms in total. The molecule has 17 heavy (non-hydrogen) atoms. The van der Waals surface area contributed by atoms with Crippen LogP contribution in [0.25, 0.3) is 0 Å². The summed E-state index contributed by atoms with van der Waals surface area (Å²) < 4.78 is 0. The van der Waals surface area contributed by atoms with Gasteiger partial charge in [-0.05, 0) is 43.5 Å². The number of benzene rings is 1. The average Bonchev–Trinajstić information content (AvgIpc) is 2.35. The first-order chi connectivity index (χ1) is 8.29. The Kier molecular flexibility index (Phi) is 4.40. The smallest absolute Gasteiger partial charge is 0.115 e. The van der Waals surface area contributed by atoms with E-state index >= 15 is 0 Å². The lowest BCUT2D eigenvalue weighted by molar-refractivity contribution is 0.112. The van der Waals surface area contributed by atoms with Gasteiger partial charge in [-0.2, -0.15) is 0 Å². The molecule has 3 heteroatoms. The summed E-state index contributed by atoms with van der Waals surface area (Å²) in [7, 11) is 0. The second-order valence-electron chi connectivity index (χ2n) is 4.80. The fourth-order valence-electron chi connectivity index (χ4n) is 2.58. The van der Waals surface area contributed by atoms with Gasteiger partial charge in [0.05, 0.1) is 0 Å². The fourth-order valence-corrected chi connectivity index (χ4v) is 2.58. The molecule has 1 aliphatic rings. The minimum Gasteiger partial charge on any atom is -0.508 e. The van der Waals surface area contributed by atoms with Crippen molar-refractivity contribution in [1.29, 1.82) is 0 Å². The van der Waals surface area contributed by atoms with Gasteiger partial charge in [0.25, 0.3) is 0 Å². The average molecular weight is 235 g/mol. The van der Waals surface area contributed by atoms with Crippen LogP contribution >= 0.6 is 0 Å². The van der Waals surface area contributed by atoms with Crippen molar-refractivity contribution in [2.75, 3.05) is 13.2 Å². The first-order valence-corrected chi connectivity index (χ1v) is 6.42. The van der Waals surface area contributed by atoms with Crippen molar-refractivity contribution in [2.24, 2.45) is 0 Å². The predicted octanol–water partition coefficient (Wildman–Crippen LogP) is 2.13. The molecule has 0 aromatic heterocycles. The lowest BCUT2D eigenvalue weighted by atomic mass is 9.99. The number of aliphatic hydroxyl groups is 1. The maximum Gasteiger partial charge on any atom is 0.115 e. The summed E-state index contributed by atoms with van der Waals surface area (Å²) in [6.07, 6.45) is 4.59. The van der Waals surface area contributed by atoms with Crippen LogP contribution in [0.15, 0.2) is 24.3 Å². The van der Waals surface area contributed by atoms with E-state index in [1.54, 1.807) is 12.1 Å². The van der Waals surface area contributed by atoms with Gasteiger partial charge in [0.15, 0.2) is 0 Å². The van der Waals surface area contributed by atoms with E-state index in [4.69, 9.17) is 5.11 Å². The molecular weight excluding hydrogens is 214 g/mol. The van der Waals surface area contributed by atoms with Crippen molar-refractivity contribution in [3.63, 3.8) is 0 Å². The molecule has 1 unspecified atom stereocenters. The molecule has 0 bridgehead atoms. The van der Waals surface area contributed by atoms with Crippen LogP contribution < -0.4 is 0 Å². The summed E-state index contributed by atoms with van der Waals surface area (Å²) in [5.74, 6) is 0.319. The maximum absolute atomic E-state index is 9.25. The van der Waals surface area contributed by atoms with E-state index in [2.05, 4.69) is 4.90 Å². The van der Waals surface area contributed by atoms with Crippen molar-refractivity contribution in [1.82, 2.24) is 4.90 Å². The van der Waals surface area contributed by atoms with E-state index in [0.717, 1.165) is 19.5 Å². The molecule has 0 amide bonds. The molecule has 1 aliphatic heterocycles. The fraction of sp³-hybridized carbons (Fsp3) is 0.571. The summed E-state index contributed by atoms with van der Waals surface area (Å²) in [6, 6.07) is 7.93. The van der Waals surface area contributed by atoms with Crippen LogP contribution in [0.4, 0.5) is 0 Å². The molecule has 1 atom stereocenters. The zero-order chi connectivity index (χ0) is 12.1. The van der Waals surface area contributed by atoms with Crippen molar-refractivity contribution in [3.8, 4) is 5.75 Å². The Morgan fingerprint density at radius 3 is 2.65 bits per heavy atom. The topological polar surface area (TPSA) is 43.7 Å². The third-order valence-corrected chi connectivity index (χ3v) is 3.53. The summed E-state index contributed by atoms with van der Waals surface area (Å²) in [6.45, 7) is 2.31. The molecule has 1 aromatic rings. The van der Waals surface area contributed by atoms with E-state index in [1.807, 2.05) is 12.1 Å². The summed E-state index contributed by atoms with van der Waals surface area (Å²) in [4.78, 5) is 2.45. The molecule has 0 aliphatic carbocycles. The van der Waals surface area contributed by atoms with Crippen LogP contribution in [0.5, 0.6) is 5.75 Å². The number of phenols is 1. The highest BCUT2D eigenvalue weighted by molar-refractivity contribution is 5.25. The normalized spacial score (nSPS) is 21.6. The van der Waals surface area contributed by atoms with E-state index < -0.39 is 0 Å². The Hall–Kier alpha value is -1.06. The standard InChI is InChI=1S/C14H21NO2/c16-10-8-13-3-1-2-9-15(13)11-12-4-6-14(17)7-5-12/h4-7,13,16-17H,1-3,8-11H2. The van der Waals surface area contributed by atoms with E-state index in [0.29, 0.717) is 11.8 Å². The van der Waals surface area contributed by atoms with Crippen molar-refractivity contribution in [3.05, 3.63) is 29.8 Å². The van der Waals surface area contributed by atoms with E-state index in [1.165, 1.54) is 24.8 Å². The van der Waals surface area contributed by atoms with Crippen LogP contribution in [-0.2, 0) is 6.54 Å². The minimum absolute atomic E-state index is 0.275. The molecule has 0 saturated carbocycles. The Morgan fingerprint density at radius 2 is 1.94 bits per heavy atom. The first-order valence-electron chi connectivity index (χ1n) is 6.42. The number of piperidine rings is 1. The van der Waals surface area contributed by atoms with Crippen molar-refractivity contribution < 1.29 is 10.2 Å². The van der Waals surface area contributed by atoms with Gasteiger partial charge in [-0.15, -0.1) is 0 Å². The lowest BCUT2D eigenvalue weighted by Crippen LogP contribution is -2.39. The summed E-state index contributed by atoms with van der Waals surface area (Å²) in [5.41, 5.74) is 1.23. The van der Waals surface area contributed by atoms with Gasteiger partial charge >= 0.3 is 0 Å². The Balaban J connectivity index is 1.97. The minimum atomic E-state index is 0.275. The van der Waals surface area contributed by atoms with Crippen LogP contribution in [0.3, 0.4) is 0 Å². The molecule has 0 radical (unpaired) electrons. The van der Waals surface area contributed by atoms with Gasteiger partial charge < -0.3 is 10.2 Å². The summed E-state index contributed by atoms with van der Waals surface area (Å²) in [5, 5.41) is 18.3. The van der Waals surface area contributed by atoms with Crippen molar-refractivity contribution >= 4 is 0 Å². The van der Waals surface area contributed by atoms with Gasteiger partial charge in [-0.25, -0.2) is 0 Å². The van der Waals surface area contributed by atoms with Gasteiger partial charge in [0.2, 0.25) is 0 Å².